The van der Waals surface area contributed by atoms with Crippen LogP contribution >= 0.6 is 0 Å². The second kappa shape index (κ2) is 8.26. The molecule has 128 valence electrons. The maximum Gasteiger partial charge on any atom is 0.337 e. The highest BCUT2D eigenvalue weighted by atomic mass is 35.5. The van der Waals surface area contributed by atoms with Gasteiger partial charge < -0.3 is 17.1 Å². The van der Waals surface area contributed by atoms with Gasteiger partial charge in [0.2, 0.25) is 5.78 Å². The maximum atomic E-state index is 12.4. The summed E-state index contributed by atoms with van der Waals surface area (Å²) in [6.07, 6.45) is 3.60. The summed E-state index contributed by atoms with van der Waals surface area (Å²) in [7, 11) is 1.35. The van der Waals surface area contributed by atoms with Crippen molar-refractivity contribution in [3.8, 4) is 11.4 Å². The van der Waals surface area contributed by atoms with Gasteiger partial charge >= 0.3 is 5.97 Å². The predicted molar refractivity (Wildman–Crippen MR) is 88.5 cm³/mol. The van der Waals surface area contributed by atoms with Gasteiger partial charge in [-0.15, -0.1) is 0 Å². The van der Waals surface area contributed by atoms with Crippen LogP contribution in [0.4, 0.5) is 0 Å². The third-order valence-corrected chi connectivity index (χ3v) is 3.75. The molecule has 25 heavy (non-hydrogen) atoms. The summed E-state index contributed by atoms with van der Waals surface area (Å²) in [6.45, 7) is 0.238. The zero-order valence-electron chi connectivity index (χ0n) is 13.6. The van der Waals surface area contributed by atoms with Gasteiger partial charge in [0.15, 0.2) is 6.54 Å². The fourth-order valence-corrected chi connectivity index (χ4v) is 2.50. The van der Waals surface area contributed by atoms with E-state index < -0.39 is 0 Å². The summed E-state index contributed by atoms with van der Waals surface area (Å²) < 4.78 is 6.55. The average Bonchev–Trinajstić information content (AvgIpc) is 3.10. The van der Waals surface area contributed by atoms with Gasteiger partial charge in [-0.2, -0.15) is 0 Å². The standard InChI is InChI=1S/C19H16N2O3.ClH/c1-24-19(23)16-9-7-15(8-10-16)18-20-11-12-21(18)13-17(22)14-5-3-2-4-6-14;/h2-12H,13H2,1H3;1H. The molecular formula is C19H17ClN2O3. The van der Waals surface area contributed by atoms with Gasteiger partial charge in [-0.3, -0.25) is 4.79 Å². The van der Waals surface area contributed by atoms with Crippen LogP contribution in [0.3, 0.4) is 0 Å². The first-order chi connectivity index (χ1) is 11.7. The number of methoxy groups -OCH3 is 1. The van der Waals surface area contributed by atoms with Crippen molar-refractivity contribution < 1.29 is 31.3 Å². The number of ketones is 1. The minimum atomic E-state index is -0.375. The molecule has 1 heterocycles. The Bertz CT molecular complexity index is 858. The Hall–Kier alpha value is -2.92. The van der Waals surface area contributed by atoms with Gasteiger partial charge in [-0.05, 0) is 24.3 Å². The van der Waals surface area contributed by atoms with Crippen molar-refractivity contribution in [1.29, 1.82) is 0 Å². The van der Waals surface area contributed by atoms with E-state index in [1.807, 2.05) is 41.1 Å². The topological polar surface area (TPSA) is 63.0 Å². The smallest absolute Gasteiger partial charge is 0.337 e. The summed E-state index contributed by atoms with van der Waals surface area (Å²) in [6, 6.07) is 16.2. The minimum absolute atomic E-state index is 0. The van der Waals surface area contributed by atoms with Crippen LogP contribution in [-0.2, 0) is 11.3 Å². The number of carbonyl (C=O) groups excluding carboxylic acids is 2. The second-order valence-electron chi connectivity index (χ2n) is 5.29. The third kappa shape index (κ3) is 4.14. The van der Waals surface area contributed by atoms with Crippen LogP contribution in [0, 0.1) is 0 Å². The summed E-state index contributed by atoms with van der Waals surface area (Å²) in [4.78, 5) is 27.0. The van der Waals surface area contributed by atoms with E-state index in [2.05, 4.69) is 4.98 Å². The average molecular weight is 357 g/mol. The number of ether oxygens (including phenoxy) is 1. The van der Waals surface area contributed by atoms with Gasteiger partial charge in [0, 0.05) is 5.56 Å². The lowest BCUT2D eigenvalue weighted by molar-refractivity contribution is -0.670. The van der Waals surface area contributed by atoms with Crippen molar-refractivity contribution in [3.05, 3.63) is 78.1 Å². The Morgan fingerprint density at radius 3 is 2.32 bits per heavy atom. The van der Waals surface area contributed by atoms with Crippen LogP contribution < -0.4 is 17.0 Å². The molecule has 0 aliphatic rings. The van der Waals surface area contributed by atoms with Crippen molar-refractivity contribution in [2.75, 3.05) is 7.11 Å². The number of hydrogen-bond acceptors (Lipinski definition) is 3. The normalized spacial score (nSPS) is 9.96. The molecule has 5 nitrogen and oxygen atoms in total. The number of esters is 1. The lowest BCUT2D eigenvalue weighted by atomic mass is 10.1. The number of aromatic nitrogens is 2. The van der Waals surface area contributed by atoms with E-state index in [9.17, 15) is 9.59 Å². The van der Waals surface area contributed by atoms with Crippen molar-refractivity contribution in [2.24, 2.45) is 0 Å². The van der Waals surface area contributed by atoms with Crippen LogP contribution in [0.5, 0.6) is 0 Å². The van der Waals surface area contributed by atoms with Gasteiger partial charge in [0.1, 0.15) is 12.4 Å². The number of Topliss-reactive ketones (excluding diaryl/α,β-unsaturated/α-hetero) is 1. The fourth-order valence-electron chi connectivity index (χ4n) is 2.50. The Morgan fingerprint density at radius 1 is 1.00 bits per heavy atom. The molecule has 0 unspecified atom stereocenters. The van der Waals surface area contributed by atoms with Crippen molar-refractivity contribution in [1.82, 2.24) is 4.98 Å². The van der Waals surface area contributed by atoms with Gasteiger partial charge in [-0.25, -0.2) is 14.3 Å². The summed E-state index contributed by atoms with van der Waals surface area (Å²) in [5.74, 6) is 0.462. The quantitative estimate of drug-likeness (QED) is 0.386. The second-order valence-corrected chi connectivity index (χ2v) is 5.29. The number of nitrogens with zero attached hydrogens (tertiary/aromatic N) is 1. The highest BCUT2D eigenvalue weighted by Gasteiger charge is 2.17. The molecule has 3 rings (SSSR count). The van der Waals surface area contributed by atoms with E-state index >= 15 is 0 Å². The molecule has 0 saturated heterocycles. The molecule has 0 saturated carbocycles. The van der Waals surface area contributed by atoms with Crippen LogP contribution in [0.15, 0.2) is 67.0 Å². The SMILES string of the molecule is COC(=O)c1ccc(-c2[nH]cc[n+]2CC(=O)c2ccccc2)cc1.[Cl-]. The largest absolute Gasteiger partial charge is 1.00 e. The molecule has 0 spiro atoms. The van der Waals surface area contributed by atoms with Crippen LogP contribution in [0.25, 0.3) is 11.4 Å². The Kier molecular flexibility index (Phi) is 6.08. The number of aromatic amines is 1. The monoisotopic (exact) mass is 356 g/mol. The zero-order chi connectivity index (χ0) is 16.9. The van der Waals surface area contributed by atoms with E-state index in [0.717, 1.165) is 11.4 Å². The number of imidazole rings is 1. The van der Waals surface area contributed by atoms with Crippen molar-refractivity contribution in [3.63, 3.8) is 0 Å². The first kappa shape index (κ1) is 18.4. The number of H-pyrrole nitrogens is 1. The molecule has 1 N–H and O–H groups in total. The van der Waals surface area contributed by atoms with Crippen molar-refractivity contribution >= 4 is 11.8 Å². The Labute approximate surface area is 151 Å². The Morgan fingerprint density at radius 2 is 1.68 bits per heavy atom. The van der Waals surface area contributed by atoms with Gasteiger partial charge in [0.25, 0.3) is 5.82 Å². The molecule has 0 fully saturated rings. The molecule has 3 aromatic rings. The summed E-state index contributed by atoms with van der Waals surface area (Å²) in [5.41, 5.74) is 2.05. The van der Waals surface area contributed by atoms with E-state index in [4.69, 9.17) is 4.74 Å². The number of benzene rings is 2. The lowest BCUT2D eigenvalue weighted by Gasteiger charge is -2.03. The first-order valence-electron chi connectivity index (χ1n) is 7.53. The Balaban J connectivity index is 0.00000225. The molecule has 2 aromatic carbocycles. The lowest BCUT2D eigenvalue weighted by Crippen LogP contribution is -3.00. The molecule has 0 aliphatic carbocycles. The molecule has 0 amide bonds. The first-order valence-corrected chi connectivity index (χ1v) is 7.53. The molecule has 0 bridgehead atoms. The van der Waals surface area contributed by atoms with Crippen LogP contribution in [-0.4, -0.2) is 23.8 Å². The minimum Gasteiger partial charge on any atom is -1.00 e. The summed E-state index contributed by atoms with van der Waals surface area (Å²) >= 11 is 0. The van der Waals surface area contributed by atoms with E-state index in [1.54, 1.807) is 30.5 Å². The van der Waals surface area contributed by atoms with Gasteiger partial charge in [0.05, 0.1) is 18.2 Å². The summed E-state index contributed by atoms with van der Waals surface area (Å²) in [5, 5.41) is 0. The highest BCUT2D eigenvalue weighted by Crippen LogP contribution is 2.15. The molecule has 0 radical (unpaired) electrons. The molecule has 0 aliphatic heterocycles. The molecule has 1 aromatic heterocycles. The number of hydrogen-bond donors (Lipinski definition) is 1. The highest BCUT2D eigenvalue weighted by molar-refractivity contribution is 5.95. The molecule has 0 atom stereocenters. The van der Waals surface area contributed by atoms with Gasteiger partial charge in [-0.1, -0.05) is 30.3 Å². The zero-order valence-corrected chi connectivity index (χ0v) is 14.4. The predicted octanol–water partition coefficient (Wildman–Crippen LogP) is -0.357. The number of carbonyl (C=O) groups is 2. The molecule has 6 heteroatoms. The van der Waals surface area contributed by atoms with E-state index in [-0.39, 0.29) is 30.7 Å². The van der Waals surface area contributed by atoms with E-state index in [0.29, 0.717) is 11.1 Å². The van der Waals surface area contributed by atoms with Crippen molar-refractivity contribution in [2.45, 2.75) is 6.54 Å². The number of rotatable bonds is 5. The number of nitrogens with one attached hydrogen (secondary N) is 1. The molecular weight excluding hydrogens is 340 g/mol. The maximum absolute atomic E-state index is 12.4. The number of halogens is 1. The van der Waals surface area contributed by atoms with Crippen LogP contribution in [0.2, 0.25) is 0 Å². The third-order valence-electron chi connectivity index (χ3n) is 3.75. The fraction of sp³-hybridized carbons (Fsp3) is 0.105. The van der Waals surface area contributed by atoms with Crippen LogP contribution in [0.1, 0.15) is 20.7 Å². The van der Waals surface area contributed by atoms with E-state index in [1.165, 1.54) is 7.11 Å².